The number of pyridine rings is 1. The van der Waals surface area contributed by atoms with Gasteiger partial charge in [-0.2, -0.15) is 0 Å². The number of rotatable bonds is 14. The van der Waals surface area contributed by atoms with Gasteiger partial charge in [0.2, 0.25) is 27.7 Å². The monoisotopic (exact) mass is 775 g/mol. The van der Waals surface area contributed by atoms with E-state index in [1.807, 2.05) is 0 Å². The van der Waals surface area contributed by atoms with Crippen LogP contribution in [0.1, 0.15) is 64.5 Å². The van der Waals surface area contributed by atoms with Crippen molar-refractivity contribution in [1.29, 1.82) is 0 Å². The molecule has 1 unspecified atom stereocenters. The summed E-state index contributed by atoms with van der Waals surface area (Å²) < 4.78 is 68.4. The van der Waals surface area contributed by atoms with Crippen LogP contribution in [0.4, 0.5) is 14.5 Å². The lowest BCUT2D eigenvalue weighted by molar-refractivity contribution is -0.141. The highest BCUT2D eigenvalue weighted by Crippen LogP contribution is 2.46. The zero-order valence-electron chi connectivity index (χ0n) is 30.2. The van der Waals surface area contributed by atoms with Crippen LogP contribution in [0, 0.1) is 23.0 Å². The van der Waals surface area contributed by atoms with E-state index in [-0.39, 0.29) is 31.0 Å². The maximum absolute atomic E-state index is 14.9. The SMILES string of the molecule is C=Cc1c(OC)cnc(O[C@@H]2C[C@@H](C(=O)N[C@]3(C(=O)NS(=O)(=O)C4CC4)C[C@H]3C=C)N(C(=O)C(Nc3cccc(F)c3F)C(C)(C)C)C2)c1/C=C(\C)Cl. The molecule has 2 aromatic rings. The number of nitrogens with zero attached hydrogens (tertiary/aromatic N) is 2. The number of ether oxygens (including phenoxy) is 2. The standard InChI is InChI=1S/C37H44ClF2N5O7S/c1-8-21-17-37(21,35(48)44-53(49,50)23-13-14-23)43-32(46)28-16-22(52-33-25(15-20(3)38)24(9-2)29(51-7)18-41-33)19-45(28)34(47)31(36(4,5)6)42-27-12-10-11-26(39)30(27)40/h8-12,15,18,21-23,28,31,42H,1-2,13-14,16-17,19H2,3-7H3,(H,43,46)(H,44,48)/b20-15+/t21-,22-,28+,31?,37-/m1/s1. The van der Waals surface area contributed by atoms with Crippen molar-refractivity contribution in [2.75, 3.05) is 19.0 Å². The van der Waals surface area contributed by atoms with E-state index in [4.69, 9.17) is 21.1 Å². The number of nitrogens with one attached hydrogen (secondary N) is 3. The lowest BCUT2D eigenvalue weighted by atomic mass is 9.85. The molecule has 16 heteroatoms. The Labute approximate surface area is 313 Å². The van der Waals surface area contributed by atoms with Crippen molar-refractivity contribution >= 4 is 57.2 Å². The molecule has 0 spiro atoms. The maximum Gasteiger partial charge on any atom is 0.259 e. The second-order valence-electron chi connectivity index (χ2n) is 14.6. The summed E-state index contributed by atoms with van der Waals surface area (Å²) in [5, 5.41) is 5.29. The molecule has 0 radical (unpaired) electrons. The molecule has 3 N–H and O–H groups in total. The van der Waals surface area contributed by atoms with Gasteiger partial charge in [0.05, 0.1) is 30.8 Å². The molecule has 2 heterocycles. The highest BCUT2D eigenvalue weighted by Gasteiger charge is 2.62. The number of hydrogen-bond donors (Lipinski definition) is 3. The van der Waals surface area contributed by atoms with Gasteiger partial charge in [0.25, 0.3) is 5.91 Å². The molecule has 2 aliphatic carbocycles. The molecule has 53 heavy (non-hydrogen) atoms. The van der Waals surface area contributed by atoms with Crippen LogP contribution in [-0.2, 0) is 24.4 Å². The normalized spacial score (nSPS) is 23.4. The summed E-state index contributed by atoms with van der Waals surface area (Å²) in [5.41, 5.74) is -1.80. The van der Waals surface area contributed by atoms with Gasteiger partial charge >= 0.3 is 0 Å². The van der Waals surface area contributed by atoms with Crippen molar-refractivity contribution in [1.82, 2.24) is 19.9 Å². The summed E-state index contributed by atoms with van der Waals surface area (Å²) in [4.78, 5) is 48.0. The van der Waals surface area contributed by atoms with Crippen molar-refractivity contribution < 1.29 is 41.1 Å². The molecule has 1 aliphatic heterocycles. The maximum atomic E-state index is 14.9. The molecule has 5 atom stereocenters. The average molecular weight is 776 g/mol. The molecule has 1 aromatic carbocycles. The molecule has 3 fully saturated rings. The molecule has 1 aromatic heterocycles. The summed E-state index contributed by atoms with van der Waals surface area (Å²) in [6.45, 7) is 14.3. The summed E-state index contributed by atoms with van der Waals surface area (Å²) in [6, 6.07) is 1.12. The van der Waals surface area contributed by atoms with Gasteiger partial charge < -0.3 is 25.0 Å². The van der Waals surface area contributed by atoms with Gasteiger partial charge in [0, 0.05) is 28.5 Å². The summed E-state index contributed by atoms with van der Waals surface area (Å²) in [5.74, 6) is -4.63. The molecule has 5 rings (SSSR count). The second kappa shape index (κ2) is 15.1. The van der Waals surface area contributed by atoms with E-state index in [2.05, 4.69) is 33.5 Å². The number of methoxy groups -OCH3 is 1. The molecule has 286 valence electrons. The average Bonchev–Trinajstić information content (AvgIpc) is 4.01. The minimum atomic E-state index is -3.94. The van der Waals surface area contributed by atoms with E-state index in [1.54, 1.807) is 39.8 Å². The predicted octanol–water partition coefficient (Wildman–Crippen LogP) is 5.16. The van der Waals surface area contributed by atoms with Crippen LogP contribution in [0.5, 0.6) is 11.6 Å². The Kier molecular flexibility index (Phi) is 11.3. The Bertz CT molecular complexity index is 1960. The number of carbonyl (C=O) groups excluding carboxylic acids is 3. The van der Waals surface area contributed by atoms with E-state index < -0.39 is 79.7 Å². The molecule has 0 bridgehead atoms. The first kappa shape index (κ1) is 39.7. The topological polar surface area (TPSA) is 156 Å². The molecular weight excluding hydrogens is 732 g/mol. The molecule has 2 saturated carbocycles. The Hall–Kier alpha value is -4.50. The van der Waals surface area contributed by atoms with Crippen LogP contribution in [0.15, 0.2) is 48.7 Å². The highest BCUT2D eigenvalue weighted by molar-refractivity contribution is 7.91. The third-order valence-corrected chi connectivity index (χ3v) is 11.5. The third kappa shape index (κ3) is 8.35. The number of benzene rings is 1. The first-order valence-electron chi connectivity index (χ1n) is 17.1. The zero-order chi connectivity index (χ0) is 39.0. The molecule has 1 saturated heterocycles. The van der Waals surface area contributed by atoms with Crippen molar-refractivity contribution in [2.45, 2.75) is 82.4 Å². The Balaban J connectivity index is 1.51. The Morgan fingerprint density at radius 3 is 2.43 bits per heavy atom. The van der Waals surface area contributed by atoms with Crippen molar-refractivity contribution in [3.63, 3.8) is 0 Å². The van der Waals surface area contributed by atoms with Crippen LogP contribution in [0.3, 0.4) is 0 Å². The molecule has 12 nitrogen and oxygen atoms in total. The molecule has 3 aliphatic rings. The zero-order valence-corrected chi connectivity index (χ0v) is 31.7. The molecule has 3 amide bonds. The number of anilines is 1. The number of allylic oxidation sites excluding steroid dienone is 1. The lowest BCUT2D eigenvalue weighted by Gasteiger charge is -2.36. The number of carbonyl (C=O) groups is 3. The summed E-state index contributed by atoms with van der Waals surface area (Å²) >= 11 is 6.26. The number of amides is 3. The second-order valence-corrected chi connectivity index (χ2v) is 17.2. The first-order chi connectivity index (χ1) is 24.9. The number of likely N-dealkylation sites (tertiary alicyclic amines) is 1. The minimum absolute atomic E-state index is 0.0836. The van der Waals surface area contributed by atoms with Crippen LogP contribution in [0.2, 0.25) is 0 Å². The van der Waals surface area contributed by atoms with E-state index in [0.717, 1.165) is 6.07 Å². The van der Waals surface area contributed by atoms with Gasteiger partial charge in [-0.15, -0.1) is 6.58 Å². The fraction of sp³-hybridized carbons (Fsp3) is 0.459. The van der Waals surface area contributed by atoms with Gasteiger partial charge in [-0.1, -0.05) is 57.2 Å². The third-order valence-electron chi connectivity index (χ3n) is 9.59. The minimum Gasteiger partial charge on any atom is -0.494 e. The van der Waals surface area contributed by atoms with E-state index in [9.17, 15) is 31.6 Å². The number of sulfonamides is 1. The largest absolute Gasteiger partial charge is 0.494 e. The summed E-state index contributed by atoms with van der Waals surface area (Å²) in [6.07, 6.45) is 6.06. The van der Waals surface area contributed by atoms with Gasteiger partial charge in [0.15, 0.2) is 11.6 Å². The Morgan fingerprint density at radius 1 is 1.17 bits per heavy atom. The number of aromatic nitrogens is 1. The fourth-order valence-corrected chi connectivity index (χ4v) is 7.92. The van der Waals surface area contributed by atoms with Gasteiger partial charge in [-0.3, -0.25) is 19.1 Å². The predicted molar refractivity (Wildman–Crippen MR) is 197 cm³/mol. The van der Waals surface area contributed by atoms with Gasteiger partial charge in [-0.25, -0.2) is 22.2 Å². The lowest BCUT2D eigenvalue weighted by Crippen LogP contribution is -2.58. The number of hydrogen-bond acceptors (Lipinski definition) is 9. The quantitative estimate of drug-likeness (QED) is 0.221. The first-order valence-corrected chi connectivity index (χ1v) is 19.0. The van der Waals surface area contributed by atoms with Crippen molar-refractivity contribution in [2.24, 2.45) is 11.3 Å². The van der Waals surface area contributed by atoms with Crippen LogP contribution < -0.4 is 24.8 Å². The van der Waals surface area contributed by atoms with Crippen LogP contribution >= 0.6 is 11.6 Å². The van der Waals surface area contributed by atoms with Crippen molar-refractivity contribution in [3.05, 3.63) is 71.4 Å². The summed E-state index contributed by atoms with van der Waals surface area (Å²) in [7, 11) is -2.48. The van der Waals surface area contributed by atoms with E-state index in [1.165, 1.54) is 36.4 Å². The van der Waals surface area contributed by atoms with E-state index >= 15 is 0 Å². The van der Waals surface area contributed by atoms with Gasteiger partial charge in [-0.05, 0) is 49.8 Å². The smallest absolute Gasteiger partial charge is 0.259 e. The fourth-order valence-electron chi connectivity index (χ4n) is 6.45. The number of halogens is 3. The highest BCUT2D eigenvalue weighted by atomic mass is 35.5. The van der Waals surface area contributed by atoms with Crippen LogP contribution in [-0.4, -0.2) is 78.7 Å². The molecular formula is C37H44ClF2N5O7S. The van der Waals surface area contributed by atoms with E-state index in [0.29, 0.717) is 34.8 Å². The van der Waals surface area contributed by atoms with Crippen LogP contribution in [0.25, 0.3) is 12.2 Å². The van der Waals surface area contributed by atoms with Crippen molar-refractivity contribution in [3.8, 4) is 11.6 Å². The Morgan fingerprint density at radius 2 is 1.87 bits per heavy atom. The van der Waals surface area contributed by atoms with Gasteiger partial charge in [0.1, 0.15) is 29.5 Å².